The van der Waals surface area contributed by atoms with Crippen molar-refractivity contribution in [2.75, 3.05) is 0 Å². The first kappa shape index (κ1) is 9.50. The molecule has 1 nitrogen and oxygen atoms in total. The zero-order valence-electron chi connectivity index (χ0n) is 8.10. The van der Waals surface area contributed by atoms with Gasteiger partial charge in [-0.25, -0.2) is 0 Å². The van der Waals surface area contributed by atoms with E-state index in [1.165, 1.54) is 6.42 Å². The third kappa shape index (κ3) is 2.47. The molecule has 1 atom stereocenters. The van der Waals surface area contributed by atoms with Crippen molar-refractivity contribution in [3.05, 3.63) is 12.7 Å². The summed E-state index contributed by atoms with van der Waals surface area (Å²) in [7, 11) is 0. The molecule has 1 fully saturated rings. The van der Waals surface area contributed by atoms with E-state index >= 15 is 0 Å². The first-order valence-electron chi connectivity index (χ1n) is 4.66. The van der Waals surface area contributed by atoms with Crippen molar-refractivity contribution >= 4 is 5.78 Å². The van der Waals surface area contributed by atoms with Gasteiger partial charge >= 0.3 is 0 Å². The maximum Gasteiger partial charge on any atom is 0.133 e. The van der Waals surface area contributed by atoms with Crippen molar-refractivity contribution in [3.8, 4) is 0 Å². The average molecular weight is 166 g/mol. The number of carbonyl (C=O) groups excluding carboxylic acids is 1. The first-order chi connectivity index (χ1) is 5.53. The highest BCUT2D eigenvalue weighted by Crippen LogP contribution is 2.38. The van der Waals surface area contributed by atoms with Crippen LogP contribution in [-0.4, -0.2) is 5.78 Å². The van der Waals surface area contributed by atoms with E-state index in [9.17, 15) is 4.79 Å². The van der Waals surface area contributed by atoms with Crippen LogP contribution in [0, 0.1) is 11.3 Å². The summed E-state index contributed by atoms with van der Waals surface area (Å²) >= 11 is 0. The SMILES string of the molecule is C=CCC1CC(=O)CC(C)(C)C1. The molecule has 0 saturated heterocycles. The average Bonchev–Trinajstić information content (AvgIpc) is 1.82. The van der Waals surface area contributed by atoms with Gasteiger partial charge in [0, 0.05) is 12.8 Å². The van der Waals surface area contributed by atoms with Crippen LogP contribution in [0.2, 0.25) is 0 Å². The molecule has 0 aromatic rings. The molecule has 0 amide bonds. The van der Waals surface area contributed by atoms with E-state index in [4.69, 9.17) is 0 Å². The van der Waals surface area contributed by atoms with Crippen molar-refractivity contribution < 1.29 is 4.79 Å². The number of Topliss-reactive ketones (excluding diaryl/α,β-unsaturated/α-hetero) is 1. The van der Waals surface area contributed by atoms with E-state index in [1.807, 2.05) is 6.08 Å². The lowest BCUT2D eigenvalue weighted by atomic mass is 9.71. The van der Waals surface area contributed by atoms with Crippen LogP contribution in [0.1, 0.15) is 39.5 Å². The molecule has 0 heterocycles. The zero-order chi connectivity index (χ0) is 9.19. The Labute approximate surface area is 74.9 Å². The highest BCUT2D eigenvalue weighted by atomic mass is 16.1. The van der Waals surface area contributed by atoms with Crippen molar-refractivity contribution in [1.29, 1.82) is 0 Å². The Bertz CT molecular complexity index is 191. The smallest absolute Gasteiger partial charge is 0.133 e. The van der Waals surface area contributed by atoms with E-state index in [2.05, 4.69) is 20.4 Å². The topological polar surface area (TPSA) is 17.1 Å². The van der Waals surface area contributed by atoms with Crippen molar-refractivity contribution in [2.45, 2.75) is 39.5 Å². The predicted molar refractivity (Wildman–Crippen MR) is 50.9 cm³/mol. The second kappa shape index (κ2) is 3.42. The van der Waals surface area contributed by atoms with Gasteiger partial charge in [0.15, 0.2) is 0 Å². The maximum atomic E-state index is 11.3. The minimum Gasteiger partial charge on any atom is -0.300 e. The van der Waals surface area contributed by atoms with E-state index in [1.54, 1.807) is 0 Å². The first-order valence-corrected chi connectivity index (χ1v) is 4.66. The third-order valence-corrected chi connectivity index (χ3v) is 2.53. The predicted octanol–water partition coefficient (Wildman–Crippen LogP) is 2.96. The largest absolute Gasteiger partial charge is 0.300 e. The highest BCUT2D eigenvalue weighted by Gasteiger charge is 2.31. The van der Waals surface area contributed by atoms with Crippen LogP contribution in [0.15, 0.2) is 12.7 Å². The van der Waals surface area contributed by atoms with Gasteiger partial charge in [-0.3, -0.25) is 4.79 Å². The van der Waals surface area contributed by atoms with Gasteiger partial charge in [0.05, 0.1) is 0 Å². The van der Waals surface area contributed by atoms with E-state index < -0.39 is 0 Å². The van der Waals surface area contributed by atoms with Crippen LogP contribution in [-0.2, 0) is 4.79 Å². The summed E-state index contributed by atoms with van der Waals surface area (Å²) in [5.41, 5.74) is 0.225. The second-order valence-corrected chi connectivity index (χ2v) is 4.68. The molecule has 1 unspecified atom stereocenters. The standard InChI is InChI=1S/C11H18O/c1-4-5-9-6-10(12)8-11(2,3)7-9/h4,9H,1,5-8H2,2-3H3. The van der Waals surface area contributed by atoms with E-state index in [0.717, 1.165) is 19.3 Å². The lowest BCUT2D eigenvalue weighted by Crippen LogP contribution is -2.28. The molecule has 0 aromatic carbocycles. The molecule has 0 spiro atoms. The lowest BCUT2D eigenvalue weighted by Gasteiger charge is -2.33. The number of carbonyl (C=O) groups is 1. The number of ketones is 1. The molecular formula is C11H18O. The fraction of sp³-hybridized carbons (Fsp3) is 0.727. The molecule has 68 valence electrons. The van der Waals surface area contributed by atoms with E-state index in [-0.39, 0.29) is 5.41 Å². The van der Waals surface area contributed by atoms with E-state index in [0.29, 0.717) is 11.7 Å². The molecule has 12 heavy (non-hydrogen) atoms. The van der Waals surface area contributed by atoms with Gasteiger partial charge in [-0.15, -0.1) is 6.58 Å². The Kier molecular flexibility index (Phi) is 2.71. The summed E-state index contributed by atoms with van der Waals surface area (Å²) in [5.74, 6) is 0.983. The number of rotatable bonds is 2. The molecule has 0 aromatic heterocycles. The molecule has 1 aliphatic carbocycles. The van der Waals surface area contributed by atoms with Crippen LogP contribution < -0.4 is 0 Å². The second-order valence-electron chi connectivity index (χ2n) is 4.68. The van der Waals surface area contributed by atoms with Gasteiger partial charge in [-0.05, 0) is 24.2 Å². The van der Waals surface area contributed by atoms with Crippen LogP contribution in [0.25, 0.3) is 0 Å². The quantitative estimate of drug-likeness (QED) is 0.576. The number of allylic oxidation sites excluding steroid dienone is 1. The fourth-order valence-electron chi connectivity index (χ4n) is 2.26. The van der Waals surface area contributed by atoms with Crippen LogP contribution in [0.4, 0.5) is 0 Å². The van der Waals surface area contributed by atoms with Gasteiger partial charge in [-0.2, -0.15) is 0 Å². The molecule has 1 rings (SSSR count). The molecule has 0 radical (unpaired) electrons. The molecule has 0 aliphatic heterocycles. The zero-order valence-corrected chi connectivity index (χ0v) is 8.10. The van der Waals surface area contributed by atoms with Crippen molar-refractivity contribution in [1.82, 2.24) is 0 Å². The minimum atomic E-state index is 0.225. The summed E-state index contributed by atoms with van der Waals surface area (Å²) in [4.78, 5) is 11.3. The minimum absolute atomic E-state index is 0.225. The van der Waals surface area contributed by atoms with Gasteiger partial charge in [0.1, 0.15) is 5.78 Å². The van der Waals surface area contributed by atoms with Gasteiger partial charge in [-0.1, -0.05) is 19.9 Å². The van der Waals surface area contributed by atoms with Crippen molar-refractivity contribution in [3.63, 3.8) is 0 Å². The number of hydrogen-bond donors (Lipinski definition) is 0. The normalized spacial score (nSPS) is 28.5. The Balaban J connectivity index is 2.57. The molecule has 0 N–H and O–H groups in total. The monoisotopic (exact) mass is 166 g/mol. The summed E-state index contributed by atoms with van der Waals surface area (Å²) < 4.78 is 0. The Hall–Kier alpha value is -0.590. The molecule has 0 bridgehead atoms. The lowest BCUT2D eigenvalue weighted by molar-refractivity contribution is -0.124. The Morgan fingerprint density at radius 1 is 1.67 bits per heavy atom. The summed E-state index contributed by atoms with van der Waals surface area (Å²) in [6, 6.07) is 0. The summed E-state index contributed by atoms with van der Waals surface area (Å²) in [6.07, 6.45) is 5.63. The molecule has 1 heteroatoms. The van der Waals surface area contributed by atoms with Gasteiger partial charge in [0.2, 0.25) is 0 Å². The van der Waals surface area contributed by atoms with Crippen LogP contribution in [0.5, 0.6) is 0 Å². The summed E-state index contributed by atoms with van der Waals surface area (Å²) in [6.45, 7) is 8.08. The van der Waals surface area contributed by atoms with Gasteiger partial charge < -0.3 is 0 Å². The Morgan fingerprint density at radius 2 is 2.33 bits per heavy atom. The number of hydrogen-bond acceptors (Lipinski definition) is 1. The molecular weight excluding hydrogens is 148 g/mol. The third-order valence-electron chi connectivity index (χ3n) is 2.53. The van der Waals surface area contributed by atoms with Crippen LogP contribution in [0.3, 0.4) is 0 Å². The highest BCUT2D eigenvalue weighted by molar-refractivity contribution is 5.80. The molecule has 1 aliphatic rings. The molecule has 1 saturated carbocycles. The van der Waals surface area contributed by atoms with Crippen LogP contribution >= 0.6 is 0 Å². The van der Waals surface area contributed by atoms with Gasteiger partial charge in [0.25, 0.3) is 0 Å². The maximum absolute atomic E-state index is 11.3. The van der Waals surface area contributed by atoms with Crippen molar-refractivity contribution in [2.24, 2.45) is 11.3 Å². The summed E-state index contributed by atoms with van der Waals surface area (Å²) in [5, 5.41) is 0. The Morgan fingerprint density at radius 3 is 2.83 bits per heavy atom. The fourth-order valence-corrected chi connectivity index (χ4v) is 2.26.